The van der Waals surface area contributed by atoms with Crippen molar-refractivity contribution in [2.45, 2.75) is 20.8 Å². The molecular weight excluding hydrogens is 318 g/mol. The molecule has 1 saturated heterocycles. The number of ether oxygens (including phenoxy) is 1. The molecule has 0 unspecified atom stereocenters. The van der Waals surface area contributed by atoms with E-state index in [1.54, 1.807) is 24.3 Å². The van der Waals surface area contributed by atoms with Gasteiger partial charge in [0.2, 0.25) is 11.8 Å². The third-order valence-corrected chi connectivity index (χ3v) is 5.35. The second-order valence-corrected chi connectivity index (χ2v) is 7.04. The number of amides is 2. The zero-order valence-corrected chi connectivity index (χ0v) is 14.4. The van der Waals surface area contributed by atoms with Crippen molar-refractivity contribution in [3.63, 3.8) is 0 Å². The number of anilines is 1. The Bertz CT molecular complexity index is 811. The number of imide groups is 1. The molecule has 1 heterocycles. The average molecular weight is 337 g/mol. The van der Waals surface area contributed by atoms with Gasteiger partial charge in [0.25, 0.3) is 0 Å². The van der Waals surface area contributed by atoms with Gasteiger partial charge in [-0.25, -0.2) is 4.90 Å². The number of carbonyl (C=O) groups is 3. The van der Waals surface area contributed by atoms with Gasteiger partial charge >= 0.3 is 5.97 Å². The zero-order chi connectivity index (χ0) is 17.9. The maximum atomic E-state index is 13.0. The molecule has 0 aromatic heterocycles. The number of hydrogen-bond acceptors (Lipinski definition) is 4. The quantitative estimate of drug-likeness (QED) is 0.360. The van der Waals surface area contributed by atoms with E-state index in [-0.39, 0.29) is 35.5 Å². The Morgan fingerprint density at radius 3 is 1.88 bits per heavy atom. The van der Waals surface area contributed by atoms with Gasteiger partial charge in [-0.1, -0.05) is 23.3 Å². The van der Waals surface area contributed by atoms with Gasteiger partial charge in [0, 0.05) is 18.8 Å². The smallest absolute Gasteiger partial charge is 0.308 e. The van der Waals surface area contributed by atoms with Crippen molar-refractivity contribution >= 4 is 23.5 Å². The Labute approximate surface area is 146 Å². The van der Waals surface area contributed by atoms with Crippen LogP contribution in [0.25, 0.3) is 0 Å². The van der Waals surface area contributed by atoms with Gasteiger partial charge in [-0.15, -0.1) is 0 Å². The van der Waals surface area contributed by atoms with Gasteiger partial charge < -0.3 is 4.74 Å². The molecule has 0 radical (unpaired) electrons. The van der Waals surface area contributed by atoms with Crippen molar-refractivity contribution < 1.29 is 19.1 Å². The van der Waals surface area contributed by atoms with Gasteiger partial charge in [0.1, 0.15) is 5.75 Å². The molecule has 1 aromatic carbocycles. The molecule has 2 amide bonds. The zero-order valence-electron chi connectivity index (χ0n) is 14.4. The molecule has 1 aromatic rings. The highest BCUT2D eigenvalue weighted by molar-refractivity contribution is 6.23. The fourth-order valence-electron chi connectivity index (χ4n) is 4.51. The predicted octanol–water partition coefficient (Wildman–Crippen LogP) is 2.87. The van der Waals surface area contributed by atoms with Gasteiger partial charge in [-0.3, -0.25) is 14.4 Å². The summed E-state index contributed by atoms with van der Waals surface area (Å²) < 4.78 is 5.00. The van der Waals surface area contributed by atoms with Crippen LogP contribution in [0.5, 0.6) is 5.75 Å². The van der Waals surface area contributed by atoms with Crippen LogP contribution in [0.3, 0.4) is 0 Å². The number of carbonyl (C=O) groups excluding carboxylic acids is 3. The van der Waals surface area contributed by atoms with Crippen LogP contribution >= 0.6 is 0 Å². The summed E-state index contributed by atoms with van der Waals surface area (Å²) in [6.07, 6.45) is 4.15. The number of benzene rings is 1. The van der Waals surface area contributed by atoms with Crippen LogP contribution in [0.2, 0.25) is 0 Å². The van der Waals surface area contributed by atoms with Crippen molar-refractivity contribution in [2.75, 3.05) is 4.90 Å². The number of fused-ring (bicyclic) bond motifs is 5. The van der Waals surface area contributed by atoms with Crippen LogP contribution in [0.15, 0.2) is 47.6 Å². The maximum Gasteiger partial charge on any atom is 0.308 e. The standard InChI is InChI=1S/C20H19NO4/c1-10(2)16-14-8-9-15(16)18-17(14)19(23)21(20(18)24)12-4-6-13(7-5-12)25-11(3)22/h4-9,14-15,17-18H,1-3H3/t14-,15-,17+,18+/m0/s1. The van der Waals surface area contributed by atoms with Crippen LogP contribution in [0.4, 0.5) is 5.69 Å². The van der Waals surface area contributed by atoms with Gasteiger partial charge in [0.15, 0.2) is 0 Å². The summed E-state index contributed by atoms with van der Waals surface area (Å²) in [6, 6.07) is 6.48. The molecule has 5 nitrogen and oxygen atoms in total. The lowest BCUT2D eigenvalue weighted by Crippen LogP contribution is -2.33. The fourth-order valence-corrected chi connectivity index (χ4v) is 4.51. The predicted molar refractivity (Wildman–Crippen MR) is 91.7 cm³/mol. The van der Waals surface area contributed by atoms with E-state index in [0.717, 1.165) is 0 Å². The number of nitrogens with zero attached hydrogens (tertiary/aromatic N) is 1. The van der Waals surface area contributed by atoms with Crippen LogP contribution in [0, 0.1) is 23.7 Å². The number of hydrogen-bond donors (Lipinski definition) is 0. The second kappa shape index (κ2) is 5.41. The number of allylic oxidation sites excluding steroid dienone is 4. The molecular formula is C20H19NO4. The van der Waals surface area contributed by atoms with Crippen molar-refractivity contribution in [1.29, 1.82) is 0 Å². The van der Waals surface area contributed by atoms with Gasteiger partial charge in [-0.2, -0.15) is 0 Å². The van der Waals surface area contributed by atoms with E-state index in [2.05, 4.69) is 12.2 Å². The van der Waals surface area contributed by atoms with Crippen molar-refractivity contribution in [3.05, 3.63) is 47.6 Å². The minimum absolute atomic E-state index is 0.0433. The molecule has 1 aliphatic heterocycles. The first kappa shape index (κ1) is 15.8. The van der Waals surface area contributed by atoms with Crippen LogP contribution in [0.1, 0.15) is 20.8 Å². The second-order valence-electron chi connectivity index (χ2n) is 7.04. The topological polar surface area (TPSA) is 63.7 Å². The average Bonchev–Trinajstić information content (AvgIpc) is 3.18. The fraction of sp³-hybridized carbons (Fsp3) is 0.350. The Kier molecular flexibility index (Phi) is 3.42. The highest BCUT2D eigenvalue weighted by Crippen LogP contribution is 2.57. The lowest BCUT2D eigenvalue weighted by atomic mass is 9.85. The summed E-state index contributed by atoms with van der Waals surface area (Å²) >= 11 is 0. The molecule has 0 spiro atoms. The molecule has 4 rings (SSSR count). The highest BCUT2D eigenvalue weighted by Gasteiger charge is 2.61. The summed E-state index contributed by atoms with van der Waals surface area (Å²) in [6.45, 7) is 5.42. The Balaban J connectivity index is 1.65. The van der Waals surface area contributed by atoms with Crippen molar-refractivity contribution in [3.8, 4) is 5.75 Å². The van der Waals surface area contributed by atoms with Crippen LogP contribution in [-0.2, 0) is 14.4 Å². The number of rotatable bonds is 2. The Morgan fingerprint density at radius 1 is 0.920 bits per heavy atom. The Morgan fingerprint density at radius 2 is 1.44 bits per heavy atom. The van der Waals surface area contributed by atoms with E-state index in [4.69, 9.17) is 4.74 Å². The molecule has 3 aliphatic rings. The van der Waals surface area contributed by atoms with Gasteiger partial charge in [-0.05, 0) is 38.1 Å². The van der Waals surface area contributed by atoms with Crippen molar-refractivity contribution in [1.82, 2.24) is 0 Å². The summed E-state index contributed by atoms with van der Waals surface area (Å²) in [4.78, 5) is 38.3. The third-order valence-electron chi connectivity index (χ3n) is 5.35. The van der Waals surface area contributed by atoms with Crippen LogP contribution in [-0.4, -0.2) is 17.8 Å². The first-order valence-electron chi connectivity index (χ1n) is 8.42. The maximum absolute atomic E-state index is 13.0. The molecule has 128 valence electrons. The van der Waals surface area contributed by atoms with E-state index in [1.807, 2.05) is 13.8 Å². The molecule has 2 fully saturated rings. The van der Waals surface area contributed by atoms with Gasteiger partial charge in [0.05, 0.1) is 17.5 Å². The third kappa shape index (κ3) is 2.18. The lowest BCUT2D eigenvalue weighted by molar-refractivity contribution is -0.132. The minimum atomic E-state index is -0.410. The molecule has 1 saturated carbocycles. The van der Waals surface area contributed by atoms with E-state index >= 15 is 0 Å². The largest absolute Gasteiger partial charge is 0.427 e. The van der Waals surface area contributed by atoms with E-state index < -0.39 is 5.97 Å². The lowest BCUT2D eigenvalue weighted by Gasteiger charge is -2.19. The molecule has 5 heteroatoms. The molecule has 2 aliphatic carbocycles. The highest BCUT2D eigenvalue weighted by atomic mass is 16.5. The minimum Gasteiger partial charge on any atom is -0.427 e. The monoisotopic (exact) mass is 337 g/mol. The summed E-state index contributed by atoms with van der Waals surface area (Å²) in [5, 5.41) is 0. The SMILES string of the molecule is CC(=O)Oc1ccc(N2C(=O)[C@H]3[C@H](C2=O)[C@H]2C=C[C@H]3C2=C(C)C)cc1. The summed E-state index contributed by atoms with van der Waals surface area (Å²) in [5.74, 6) is -0.780. The molecule has 25 heavy (non-hydrogen) atoms. The molecule has 2 bridgehead atoms. The molecule has 0 N–H and O–H groups in total. The summed E-state index contributed by atoms with van der Waals surface area (Å²) in [5.41, 5.74) is 2.97. The van der Waals surface area contributed by atoms with E-state index in [9.17, 15) is 14.4 Å². The first-order chi connectivity index (χ1) is 11.9. The normalized spacial score (nSPS) is 29.4. The molecule has 4 atom stereocenters. The Hall–Kier alpha value is -2.69. The first-order valence-corrected chi connectivity index (χ1v) is 8.42. The van der Waals surface area contributed by atoms with Crippen molar-refractivity contribution in [2.24, 2.45) is 23.7 Å². The van der Waals surface area contributed by atoms with E-state index in [1.165, 1.54) is 23.0 Å². The van der Waals surface area contributed by atoms with Crippen LogP contribution < -0.4 is 9.64 Å². The summed E-state index contributed by atoms with van der Waals surface area (Å²) in [7, 11) is 0. The van der Waals surface area contributed by atoms with E-state index in [0.29, 0.717) is 11.4 Å². The number of esters is 1.